The van der Waals surface area contributed by atoms with E-state index in [2.05, 4.69) is 21.1 Å². The quantitative estimate of drug-likeness (QED) is 0.576. The van der Waals surface area contributed by atoms with Crippen molar-refractivity contribution in [2.75, 3.05) is 11.9 Å². The number of carbonyl (C=O) groups excluding carboxylic acids is 3. The Labute approximate surface area is 163 Å². The van der Waals surface area contributed by atoms with Crippen LogP contribution < -0.4 is 16.1 Å². The van der Waals surface area contributed by atoms with Gasteiger partial charge in [-0.05, 0) is 27.7 Å². The van der Waals surface area contributed by atoms with E-state index in [1.165, 1.54) is 11.3 Å². The summed E-state index contributed by atoms with van der Waals surface area (Å²) in [5.74, 6) is -0.660. The van der Waals surface area contributed by atoms with Crippen LogP contribution in [-0.4, -0.2) is 41.1 Å². The van der Waals surface area contributed by atoms with Crippen LogP contribution in [-0.2, 0) is 25.6 Å². The number of ether oxygens (including phenoxy) is 1. The highest BCUT2D eigenvalue weighted by atomic mass is 32.1. The lowest BCUT2D eigenvalue weighted by Crippen LogP contribution is -2.41. The van der Waals surface area contributed by atoms with Crippen molar-refractivity contribution in [3.8, 4) is 0 Å². The van der Waals surface area contributed by atoms with E-state index >= 15 is 0 Å². The van der Waals surface area contributed by atoms with Crippen LogP contribution in [0.15, 0.2) is 5.38 Å². The number of alkyl carbamates (subject to hydrolysis) is 1. The van der Waals surface area contributed by atoms with E-state index in [-0.39, 0.29) is 36.8 Å². The van der Waals surface area contributed by atoms with Gasteiger partial charge < -0.3 is 15.4 Å². The predicted octanol–water partition coefficient (Wildman–Crippen LogP) is 2.24. The fourth-order valence-electron chi connectivity index (χ4n) is 1.69. The number of nitrogens with zero attached hydrogens (tertiary/aromatic N) is 1. The van der Waals surface area contributed by atoms with Crippen molar-refractivity contribution in [2.24, 2.45) is 5.92 Å². The van der Waals surface area contributed by atoms with Crippen LogP contribution in [0.5, 0.6) is 0 Å². The topological polar surface area (TPSA) is 119 Å². The van der Waals surface area contributed by atoms with Crippen molar-refractivity contribution in [3.63, 3.8) is 0 Å². The minimum absolute atomic E-state index is 0.0158. The van der Waals surface area contributed by atoms with Crippen molar-refractivity contribution in [1.29, 1.82) is 0 Å². The summed E-state index contributed by atoms with van der Waals surface area (Å²) < 4.78 is 5.13. The van der Waals surface area contributed by atoms with E-state index in [0.29, 0.717) is 10.8 Å². The Morgan fingerprint density at radius 1 is 1.22 bits per heavy atom. The third-order valence-corrected chi connectivity index (χ3v) is 3.74. The van der Waals surface area contributed by atoms with Gasteiger partial charge in [0, 0.05) is 11.3 Å². The highest BCUT2D eigenvalue weighted by molar-refractivity contribution is 7.13. The molecule has 0 saturated heterocycles. The first kappa shape index (κ1) is 22.8. The minimum Gasteiger partial charge on any atom is -0.444 e. The first-order valence-electron chi connectivity index (χ1n) is 8.61. The molecule has 0 spiro atoms. The molecular formula is C17H28N4O5S. The number of carbonyl (C=O) groups is 3. The Morgan fingerprint density at radius 2 is 1.89 bits per heavy atom. The van der Waals surface area contributed by atoms with E-state index in [9.17, 15) is 14.4 Å². The second-order valence-corrected chi connectivity index (χ2v) is 8.21. The number of rotatable bonds is 8. The first-order chi connectivity index (χ1) is 12.5. The molecule has 1 aromatic heterocycles. The number of hydrogen-bond acceptors (Lipinski definition) is 7. The molecule has 1 heterocycles. The molecule has 0 aliphatic heterocycles. The van der Waals surface area contributed by atoms with Gasteiger partial charge in [0.15, 0.2) is 5.13 Å². The van der Waals surface area contributed by atoms with E-state index in [0.717, 1.165) is 0 Å². The molecule has 0 aliphatic rings. The Hall–Kier alpha value is -2.20. The zero-order valence-corrected chi connectivity index (χ0v) is 17.4. The average molecular weight is 401 g/mol. The van der Waals surface area contributed by atoms with Crippen molar-refractivity contribution >= 4 is 34.4 Å². The molecule has 3 amide bonds. The minimum atomic E-state index is -0.583. The van der Waals surface area contributed by atoms with E-state index < -0.39 is 11.7 Å². The van der Waals surface area contributed by atoms with Gasteiger partial charge in [0.05, 0.1) is 24.8 Å². The number of nitrogens with one attached hydrogen (secondary N) is 3. The average Bonchev–Trinajstić information content (AvgIpc) is 2.91. The highest BCUT2D eigenvalue weighted by Crippen LogP contribution is 2.16. The van der Waals surface area contributed by atoms with Crippen LogP contribution in [0.2, 0.25) is 0 Å². The summed E-state index contributed by atoms with van der Waals surface area (Å²) in [5.41, 5.74) is 2.24. The Balaban J connectivity index is 2.30. The van der Waals surface area contributed by atoms with Crippen LogP contribution in [0.3, 0.4) is 0 Å². The Morgan fingerprint density at radius 3 is 2.48 bits per heavy atom. The summed E-state index contributed by atoms with van der Waals surface area (Å²) in [5, 5.41) is 7.43. The number of hydrogen-bond donors (Lipinski definition) is 3. The Bertz CT molecular complexity index is 654. The standard InChI is InChI=1S/C17H28N4O5S/c1-10(2)14(23)20-15-19-12(9-27-15)7-13(22)21-25-8-11(3)18-16(24)26-17(4,5)6/h9-11H,7-8H2,1-6H3,(H,18,24)(H,21,22)(H,19,20,23)/t11-/m0/s1. The van der Waals surface area contributed by atoms with Gasteiger partial charge in [-0.15, -0.1) is 11.3 Å². The third kappa shape index (κ3) is 9.90. The maximum atomic E-state index is 11.9. The first-order valence-corrected chi connectivity index (χ1v) is 9.49. The fourth-order valence-corrected chi connectivity index (χ4v) is 2.41. The molecule has 0 aromatic carbocycles. The monoisotopic (exact) mass is 400 g/mol. The fraction of sp³-hybridized carbons (Fsp3) is 0.647. The number of anilines is 1. The molecule has 1 aromatic rings. The van der Waals surface area contributed by atoms with Crippen LogP contribution in [0.4, 0.5) is 9.93 Å². The lowest BCUT2D eigenvalue weighted by Gasteiger charge is -2.21. The third-order valence-electron chi connectivity index (χ3n) is 2.93. The highest BCUT2D eigenvalue weighted by Gasteiger charge is 2.18. The van der Waals surface area contributed by atoms with Gasteiger partial charge in [0.2, 0.25) is 11.8 Å². The molecule has 0 fully saturated rings. The molecule has 3 N–H and O–H groups in total. The molecule has 10 heteroatoms. The maximum Gasteiger partial charge on any atom is 0.407 e. The zero-order chi connectivity index (χ0) is 20.6. The van der Waals surface area contributed by atoms with Gasteiger partial charge in [-0.1, -0.05) is 13.8 Å². The summed E-state index contributed by atoms with van der Waals surface area (Å²) in [7, 11) is 0. The lowest BCUT2D eigenvalue weighted by atomic mass is 10.2. The molecule has 9 nitrogen and oxygen atoms in total. The molecule has 27 heavy (non-hydrogen) atoms. The van der Waals surface area contributed by atoms with Crippen molar-refractivity contribution in [3.05, 3.63) is 11.1 Å². The van der Waals surface area contributed by atoms with Gasteiger partial charge in [0.25, 0.3) is 0 Å². The van der Waals surface area contributed by atoms with Crippen LogP contribution >= 0.6 is 11.3 Å². The molecule has 1 rings (SSSR count). The number of amides is 3. The van der Waals surface area contributed by atoms with Crippen molar-refractivity contribution in [1.82, 2.24) is 15.8 Å². The molecule has 152 valence electrons. The second-order valence-electron chi connectivity index (χ2n) is 7.35. The lowest BCUT2D eigenvalue weighted by molar-refractivity contribution is -0.133. The molecule has 0 saturated carbocycles. The molecule has 0 aliphatic carbocycles. The molecule has 0 unspecified atom stereocenters. The maximum absolute atomic E-state index is 11.9. The second kappa shape index (κ2) is 10.2. The number of hydroxylamine groups is 1. The van der Waals surface area contributed by atoms with Gasteiger partial charge in [-0.2, -0.15) is 0 Å². The van der Waals surface area contributed by atoms with Crippen molar-refractivity contribution in [2.45, 2.75) is 59.6 Å². The molecule has 0 radical (unpaired) electrons. The van der Waals surface area contributed by atoms with E-state index in [1.807, 2.05) is 0 Å². The SMILES string of the molecule is CC(C)C(=O)Nc1nc(CC(=O)NOC[C@H](C)NC(=O)OC(C)(C)C)cs1. The number of aromatic nitrogens is 1. The summed E-state index contributed by atoms with van der Waals surface area (Å²) in [6.07, 6.45) is -0.537. The van der Waals surface area contributed by atoms with Gasteiger partial charge in [-0.25, -0.2) is 15.3 Å². The molecular weight excluding hydrogens is 372 g/mol. The van der Waals surface area contributed by atoms with Crippen LogP contribution in [0, 0.1) is 5.92 Å². The van der Waals surface area contributed by atoms with E-state index in [4.69, 9.17) is 9.57 Å². The molecule has 1 atom stereocenters. The smallest absolute Gasteiger partial charge is 0.407 e. The normalized spacial score (nSPS) is 12.4. The van der Waals surface area contributed by atoms with Gasteiger partial charge in [-0.3, -0.25) is 14.4 Å². The summed E-state index contributed by atoms with van der Waals surface area (Å²) >= 11 is 1.25. The zero-order valence-electron chi connectivity index (χ0n) is 16.5. The summed E-state index contributed by atoms with van der Waals surface area (Å²) in [6, 6.07) is -0.350. The number of thiazole rings is 1. The van der Waals surface area contributed by atoms with Crippen LogP contribution in [0.1, 0.15) is 47.2 Å². The Kier molecular flexibility index (Phi) is 8.64. The van der Waals surface area contributed by atoms with Crippen molar-refractivity contribution < 1.29 is 24.0 Å². The molecule has 0 bridgehead atoms. The summed E-state index contributed by atoms with van der Waals surface area (Å²) in [4.78, 5) is 44.4. The largest absolute Gasteiger partial charge is 0.444 e. The van der Waals surface area contributed by atoms with E-state index in [1.54, 1.807) is 46.9 Å². The summed E-state index contributed by atoms with van der Waals surface area (Å²) in [6.45, 7) is 10.7. The predicted molar refractivity (Wildman–Crippen MR) is 102 cm³/mol. The van der Waals surface area contributed by atoms with Crippen LogP contribution in [0.25, 0.3) is 0 Å². The van der Waals surface area contributed by atoms with Gasteiger partial charge in [0.1, 0.15) is 5.60 Å². The van der Waals surface area contributed by atoms with Gasteiger partial charge >= 0.3 is 6.09 Å².